The third-order valence-electron chi connectivity index (χ3n) is 1.19. The number of hydrogen-bond acceptors (Lipinski definition) is 1. The van der Waals surface area contributed by atoms with Crippen molar-refractivity contribution in [3.63, 3.8) is 0 Å². The Balaban J connectivity index is 3.17. The molecule has 1 nitrogen and oxygen atoms in total. The maximum Gasteiger partial charge on any atom is 0.118 e. The van der Waals surface area contributed by atoms with Gasteiger partial charge in [0.1, 0.15) is 13.6 Å². The van der Waals surface area contributed by atoms with Gasteiger partial charge in [-0.05, 0) is 18.6 Å². The van der Waals surface area contributed by atoms with Crippen molar-refractivity contribution in [1.29, 1.82) is 0 Å². The molecule has 1 aromatic rings. The van der Waals surface area contributed by atoms with E-state index in [2.05, 4.69) is 0 Å². The van der Waals surface area contributed by atoms with E-state index in [4.69, 9.17) is 13.0 Å². The molecule has 0 saturated carbocycles. The number of phenols is 1. The summed E-state index contributed by atoms with van der Waals surface area (Å²) in [5.41, 5.74) is 1.45. The van der Waals surface area contributed by atoms with Gasteiger partial charge in [0.25, 0.3) is 0 Å². The zero-order chi connectivity index (χ0) is 6.85. The van der Waals surface area contributed by atoms with Crippen LogP contribution in [-0.4, -0.2) is 13.0 Å². The summed E-state index contributed by atoms with van der Waals surface area (Å²) < 4.78 is 0. The van der Waals surface area contributed by atoms with Gasteiger partial charge in [-0.15, -0.1) is 0 Å². The molecule has 0 saturated heterocycles. The van der Waals surface area contributed by atoms with Crippen molar-refractivity contribution in [1.82, 2.24) is 0 Å². The summed E-state index contributed by atoms with van der Waals surface area (Å²) in [4.78, 5) is 0. The SMILES string of the molecule is [B]c1ccc(C)cc1O. The van der Waals surface area contributed by atoms with Crippen molar-refractivity contribution in [2.45, 2.75) is 6.92 Å². The first-order chi connectivity index (χ1) is 4.20. The molecule has 1 rings (SSSR count). The predicted octanol–water partition coefficient (Wildman–Crippen LogP) is 0.494. The molecule has 0 aliphatic rings. The molecule has 0 atom stereocenters. The van der Waals surface area contributed by atoms with Crippen LogP contribution in [0, 0.1) is 6.92 Å². The molecule has 0 aliphatic carbocycles. The number of rotatable bonds is 0. The van der Waals surface area contributed by atoms with Crippen LogP contribution in [0.4, 0.5) is 0 Å². The molecule has 1 aromatic carbocycles. The maximum atomic E-state index is 8.98. The van der Waals surface area contributed by atoms with Crippen molar-refractivity contribution < 1.29 is 5.11 Å². The number of phenolic OH excluding ortho intramolecular Hbond substituents is 1. The highest BCUT2D eigenvalue weighted by atomic mass is 16.3. The molecule has 44 valence electrons. The minimum Gasteiger partial charge on any atom is -0.509 e. The zero-order valence-corrected chi connectivity index (χ0v) is 5.26. The van der Waals surface area contributed by atoms with Gasteiger partial charge in [0, 0.05) is 0 Å². The van der Waals surface area contributed by atoms with E-state index in [1.165, 1.54) is 0 Å². The molecule has 2 heteroatoms. The van der Waals surface area contributed by atoms with Gasteiger partial charge in [-0.3, -0.25) is 0 Å². The van der Waals surface area contributed by atoms with Gasteiger partial charge in [-0.2, -0.15) is 0 Å². The molecule has 2 radical (unpaired) electrons. The average Bonchev–Trinajstić information content (AvgIpc) is 1.80. The lowest BCUT2D eigenvalue weighted by Crippen LogP contribution is -2.01. The van der Waals surface area contributed by atoms with Crippen molar-refractivity contribution in [2.24, 2.45) is 0 Å². The molecule has 0 heterocycles. The van der Waals surface area contributed by atoms with E-state index in [1.807, 2.05) is 13.0 Å². The van der Waals surface area contributed by atoms with E-state index in [1.54, 1.807) is 12.1 Å². The second kappa shape index (κ2) is 2.13. The van der Waals surface area contributed by atoms with Crippen LogP contribution < -0.4 is 5.46 Å². The maximum absolute atomic E-state index is 8.98. The highest BCUT2D eigenvalue weighted by Gasteiger charge is 1.91. The molecule has 0 fully saturated rings. The standard InChI is InChI=1S/C7H7BO/c1-5-2-3-6(8)7(9)4-5/h2-4,9H,1H3. The monoisotopic (exact) mass is 118 g/mol. The highest BCUT2D eigenvalue weighted by Crippen LogP contribution is 2.05. The minimum atomic E-state index is 0.162. The van der Waals surface area contributed by atoms with Gasteiger partial charge in [-0.25, -0.2) is 0 Å². The summed E-state index contributed by atoms with van der Waals surface area (Å²) >= 11 is 0. The van der Waals surface area contributed by atoms with Crippen molar-refractivity contribution in [3.8, 4) is 5.75 Å². The second-order valence-corrected chi connectivity index (χ2v) is 2.06. The van der Waals surface area contributed by atoms with Gasteiger partial charge in [-0.1, -0.05) is 17.6 Å². The first-order valence-electron chi connectivity index (χ1n) is 2.75. The molecule has 0 spiro atoms. The van der Waals surface area contributed by atoms with Crippen LogP contribution >= 0.6 is 0 Å². The number of hydrogen-bond donors (Lipinski definition) is 1. The molecule has 0 bridgehead atoms. The lowest BCUT2D eigenvalue weighted by Gasteiger charge is -1.97. The minimum absolute atomic E-state index is 0.162. The number of benzene rings is 1. The Morgan fingerprint density at radius 3 is 2.56 bits per heavy atom. The lowest BCUT2D eigenvalue weighted by molar-refractivity contribution is 0.479. The Hall–Kier alpha value is -0.915. The third-order valence-corrected chi connectivity index (χ3v) is 1.19. The zero-order valence-electron chi connectivity index (χ0n) is 5.26. The average molecular weight is 118 g/mol. The number of aromatic hydroxyl groups is 1. The van der Waals surface area contributed by atoms with E-state index < -0.39 is 0 Å². The Morgan fingerprint density at radius 2 is 2.11 bits per heavy atom. The molecule has 9 heavy (non-hydrogen) atoms. The first-order valence-corrected chi connectivity index (χ1v) is 2.75. The summed E-state index contributed by atoms with van der Waals surface area (Å²) in [6.45, 7) is 1.90. The molecule has 0 unspecified atom stereocenters. The van der Waals surface area contributed by atoms with Crippen molar-refractivity contribution >= 4 is 13.3 Å². The largest absolute Gasteiger partial charge is 0.509 e. The van der Waals surface area contributed by atoms with Crippen LogP contribution in [0.1, 0.15) is 5.56 Å². The fourth-order valence-corrected chi connectivity index (χ4v) is 0.654. The Kier molecular flexibility index (Phi) is 1.47. The fourth-order valence-electron chi connectivity index (χ4n) is 0.654. The normalized spacial score (nSPS) is 9.44. The number of aryl methyl sites for hydroxylation is 1. The van der Waals surface area contributed by atoms with Crippen molar-refractivity contribution in [3.05, 3.63) is 23.8 Å². The summed E-state index contributed by atoms with van der Waals surface area (Å²) in [5.74, 6) is 0.162. The van der Waals surface area contributed by atoms with Crippen LogP contribution in [-0.2, 0) is 0 Å². The molecule has 0 aromatic heterocycles. The molecular formula is C7H7BO. The van der Waals surface area contributed by atoms with Crippen LogP contribution in [0.25, 0.3) is 0 Å². The van der Waals surface area contributed by atoms with E-state index >= 15 is 0 Å². The second-order valence-electron chi connectivity index (χ2n) is 2.06. The van der Waals surface area contributed by atoms with Crippen LogP contribution in [0.15, 0.2) is 18.2 Å². The van der Waals surface area contributed by atoms with E-state index in [0.29, 0.717) is 5.46 Å². The Labute approximate surface area is 55.7 Å². The van der Waals surface area contributed by atoms with E-state index in [9.17, 15) is 0 Å². The topological polar surface area (TPSA) is 20.2 Å². The smallest absolute Gasteiger partial charge is 0.118 e. The fraction of sp³-hybridized carbons (Fsp3) is 0.143. The molecule has 0 amide bonds. The van der Waals surface area contributed by atoms with Gasteiger partial charge < -0.3 is 5.11 Å². The first kappa shape index (κ1) is 6.21. The summed E-state index contributed by atoms with van der Waals surface area (Å²) in [7, 11) is 5.34. The van der Waals surface area contributed by atoms with Gasteiger partial charge in [0.2, 0.25) is 0 Å². The van der Waals surface area contributed by atoms with Gasteiger partial charge in [0.05, 0.1) is 0 Å². The summed E-state index contributed by atoms with van der Waals surface area (Å²) in [5, 5.41) is 8.98. The molecule has 1 N–H and O–H groups in total. The van der Waals surface area contributed by atoms with Crippen molar-refractivity contribution in [2.75, 3.05) is 0 Å². The highest BCUT2D eigenvalue weighted by molar-refractivity contribution is 6.34. The van der Waals surface area contributed by atoms with Crippen LogP contribution in [0.2, 0.25) is 0 Å². The summed E-state index contributed by atoms with van der Waals surface area (Å²) in [6, 6.07) is 5.18. The quantitative estimate of drug-likeness (QED) is 0.491. The molecular weight excluding hydrogens is 111 g/mol. The molecule has 0 aliphatic heterocycles. The predicted molar refractivity (Wildman–Crippen MR) is 38.2 cm³/mol. The Bertz CT molecular complexity index is 220. The summed E-state index contributed by atoms with van der Waals surface area (Å²) in [6.07, 6.45) is 0. The van der Waals surface area contributed by atoms with Crippen LogP contribution in [0.5, 0.6) is 5.75 Å². The Morgan fingerprint density at radius 1 is 1.44 bits per heavy atom. The van der Waals surface area contributed by atoms with Crippen LogP contribution in [0.3, 0.4) is 0 Å². The lowest BCUT2D eigenvalue weighted by atomic mass is 9.94. The third kappa shape index (κ3) is 1.25. The van der Waals surface area contributed by atoms with Gasteiger partial charge in [0.15, 0.2) is 0 Å². The van der Waals surface area contributed by atoms with E-state index in [0.717, 1.165) is 5.56 Å². The van der Waals surface area contributed by atoms with Gasteiger partial charge >= 0.3 is 0 Å². The van der Waals surface area contributed by atoms with E-state index in [-0.39, 0.29) is 5.75 Å².